The van der Waals surface area contributed by atoms with Crippen LogP contribution >= 0.6 is 11.8 Å². The first kappa shape index (κ1) is 9.45. The Kier molecular flexibility index (Phi) is 2.67. The molecular weight excluding hydrogens is 206 g/mol. The van der Waals surface area contributed by atoms with Gasteiger partial charge in [0.2, 0.25) is 0 Å². The molecule has 2 nitrogen and oxygen atoms in total. The van der Waals surface area contributed by atoms with E-state index in [4.69, 9.17) is 0 Å². The average Bonchev–Trinajstić information content (AvgIpc) is 2.62. The summed E-state index contributed by atoms with van der Waals surface area (Å²) < 4.78 is 25.7. The lowest BCUT2D eigenvalue weighted by Gasteiger charge is -2.05. The highest BCUT2D eigenvalue weighted by Crippen LogP contribution is 2.19. The van der Waals surface area contributed by atoms with Crippen molar-refractivity contribution in [2.75, 3.05) is 17.6 Å². The molecule has 0 aliphatic carbocycles. The van der Waals surface area contributed by atoms with E-state index in [9.17, 15) is 8.78 Å². The van der Waals surface area contributed by atoms with Gasteiger partial charge in [0.1, 0.15) is 11.6 Å². The van der Waals surface area contributed by atoms with E-state index in [1.807, 2.05) is 0 Å². The molecule has 0 saturated heterocycles. The minimum absolute atomic E-state index is 0.263. The van der Waals surface area contributed by atoms with Crippen LogP contribution in [0, 0.1) is 11.6 Å². The van der Waals surface area contributed by atoms with E-state index in [2.05, 4.69) is 10.3 Å². The summed E-state index contributed by atoms with van der Waals surface area (Å²) in [6, 6.07) is 3.43. The number of halogens is 2. The third-order valence-electron chi connectivity index (χ3n) is 1.76. The van der Waals surface area contributed by atoms with Gasteiger partial charge in [-0.2, -0.15) is 0 Å². The molecule has 1 aliphatic heterocycles. The van der Waals surface area contributed by atoms with Crippen LogP contribution in [0.2, 0.25) is 0 Å². The Bertz CT molecular complexity index is 379. The smallest absolute Gasteiger partial charge is 0.161 e. The fraction of sp³-hybridized carbons (Fsp3) is 0.222. The summed E-state index contributed by atoms with van der Waals surface area (Å²) in [5.74, 6) is -0.264. The van der Waals surface area contributed by atoms with Crippen LogP contribution in [0.15, 0.2) is 23.2 Å². The molecule has 5 heteroatoms. The van der Waals surface area contributed by atoms with Crippen LogP contribution in [0.25, 0.3) is 0 Å². The summed E-state index contributed by atoms with van der Waals surface area (Å²) >= 11 is 1.53. The SMILES string of the molecule is Fc1ccc(NC2=NCCS2)c(F)c1. The molecule has 0 fully saturated rings. The molecule has 0 bridgehead atoms. The molecule has 14 heavy (non-hydrogen) atoms. The van der Waals surface area contributed by atoms with Crippen LogP contribution in [0.5, 0.6) is 0 Å². The van der Waals surface area contributed by atoms with Crippen molar-refractivity contribution >= 4 is 22.6 Å². The van der Waals surface area contributed by atoms with Gasteiger partial charge in [-0.25, -0.2) is 8.78 Å². The first-order valence-electron chi connectivity index (χ1n) is 4.15. The Morgan fingerprint density at radius 2 is 2.21 bits per heavy atom. The molecule has 0 unspecified atom stereocenters. The fourth-order valence-electron chi connectivity index (χ4n) is 1.12. The van der Waals surface area contributed by atoms with Gasteiger partial charge in [-0.15, -0.1) is 0 Å². The molecule has 2 rings (SSSR count). The van der Waals surface area contributed by atoms with E-state index in [0.29, 0.717) is 5.17 Å². The zero-order chi connectivity index (χ0) is 9.97. The molecule has 1 aromatic rings. The Balaban J connectivity index is 2.16. The third-order valence-corrected chi connectivity index (χ3v) is 2.65. The largest absolute Gasteiger partial charge is 0.333 e. The van der Waals surface area contributed by atoms with Crippen molar-refractivity contribution in [2.24, 2.45) is 4.99 Å². The number of rotatable bonds is 1. The van der Waals surface area contributed by atoms with Crippen LogP contribution in [0.1, 0.15) is 0 Å². The lowest BCUT2D eigenvalue weighted by Crippen LogP contribution is -2.06. The molecule has 1 heterocycles. The second kappa shape index (κ2) is 3.96. The number of anilines is 1. The predicted octanol–water partition coefficient (Wildman–Crippen LogP) is 2.48. The highest BCUT2D eigenvalue weighted by atomic mass is 32.2. The lowest BCUT2D eigenvalue weighted by atomic mass is 10.3. The molecule has 0 atom stereocenters. The second-order valence-corrected chi connectivity index (χ2v) is 3.87. The predicted molar refractivity (Wildman–Crippen MR) is 54.7 cm³/mol. The maximum Gasteiger partial charge on any atom is 0.161 e. The zero-order valence-electron chi connectivity index (χ0n) is 7.26. The van der Waals surface area contributed by atoms with Crippen molar-refractivity contribution in [3.63, 3.8) is 0 Å². The first-order chi connectivity index (χ1) is 6.75. The normalized spacial score (nSPS) is 15.4. The summed E-state index contributed by atoms with van der Waals surface area (Å²) in [6.45, 7) is 0.746. The fourth-order valence-corrected chi connectivity index (χ4v) is 1.86. The number of hydrogen-bond acceptors (Lipinski definition) is 3. The number of aliphatic imine (C=N–C) groups is 1. The molecule has 0 aromatic heterocycles. The van der Waals surface area contributed by atoms with Crippen LogP contribution in [-0.2, 0) is 0 Å². The van der Waals surface area contributed by atoms with Gasteiger partial charge in [-0.1, -0.05) is 11.8 Å². The Labute approximate surface area is 84.4 Å². The monoisotopic (exact) mass is 214 g/mol. The summed E-state index contributed by atoms with van der Waals surface area (Å²) in [4.78, 5) is 4.10. The average molecular weight is 214 g/mol. The summed E-state index contributed by atoms with van der Waals surface area (Å²) in [5.41, 5.74) is 0.263. The maximum absolute atomic E-state index is 13.1. The second-order valence-electron chi connectivity index (χ2n) is 2.78. The molecule has 0 amide bonds. The van der Waals surface area contributed by atoms with Crippen LogP contribution in [0.3, 0.4) is 0 Å². The number of thioether (sulfide) groups is 1. The van der Waals surface area contributed by atoms with Crippen molar-refractivity contribution in [3.05, 3.63) is 29.8 Å². The van der Waals surface area contributed by atoms with E-state index >= 15 is 0 Å². The van der Waals surface area contributed by atoms with E-state index in [-0.39, 0.29) is 5.69 Å². The van der Waals surface area contributed by atoms with Gasteiger partial charge in [0.05, 0.1) is 12.2 Å². The van der Waals surface area contributed by atoms with Crippen molar-refractivity contribution in [2.45, 2.75) is 0 Å². The Morgan fingerprint density at radius 1 is 1.36 bits per heavy atom. The topological polar surface area (TPSA) is 24.4 Å². The van der Waals surface area contributed by atoms with Gasteiger partial charge in [-0.05, 0) is 12.1 Å². The van der Waals surface area contributed by atoms with Gasteiger partial charge in [0.25, 0.3) is 0 Å². The summed E-state index contributed by atoms with van der Waals surface area (Å²) in [5, 5.41) is 3.50. The van der Waals surface area contributed by atoms with Crippen molar-refractivity contribution in [1.82, 2.24) is 0 Å². The standard InChI is InChI=1S/C9H8F2N2S/c10-6-1-2-8(7(11)5-6)13-9-12-3-4-14-9/h1-2,5H,3-4H2,(H,12,13). The van der Waals surface area contributed by atoms with E-state index in [1.165, 1.54) is 23.9 Å². The van der Waals surface area contributed by atoms with Crippen LogP contribution < -0.4 is 5.32 Å². The van der Waals surface area contributed by atoms with E-state index in [0.717, 1.165) is 18.4 Å². The van der Waals surface area contributed by atoms with E-state index in [1.54, 1.807) is 0 Å². The molecule has 1 aliphatic rings. The van der Waals surface area contributed by atoms with Crippen LogP contribution in [-0.4, -0.2) is 17.5 Å². The third kappa shape index (κ3) is 2.04. The number of nitrogens with one attached hydrogen (secondary N) is 1. The van der Waals surface area contributed by atoms with Gasteiger partial charge >= 0.3 is 0 Å². The molecule has 0 radical (unpaired) electrons. The minimum Gasteiger partial charge on any atom is -0.333 e. The van der Waals surface area contributed by atoms with Crippen molar-refractivity contribution in [3.8, 4) is 0 Å². The van der Waals surface area contributed by atoms with Crippen LogP contribution in [0.4, 0.5) is 14.5 Å². The quantitative estimate of drug-likeness (QED) is 0.776. The minimum atomic E-state index is -0.597. The molecular formula is C9H8F2N2S. The lowest BCUT2D eigenvalue weighted by molar-refractivity contribution is 0.586. The molecule has 0 saturated carbocycles. The Hall–Kier alpha value is -1.10. The number of benzene rings is 1. The maximum atomic E-state index is 13.1. The number of nitrogens with zero attached hydrogens (tertiary/aromatic N) is 1. The van der Waals surface area contributed by atoms with E-state index < -0.39 is 11.6 Å². The first-order valence-corrected chi connectivity index (χ1v) is 5.13. The zero-order valence-corrected chi connectivity index (χ0v) is 8.07. The number of amidine groups is 1. The van der Waals surface area contributed by atoms with Crippen molar-refractivity contribution < 1.29 is 8.78 Å². The number of hydrogen-bond donors (Lipinski definition) is 1. The highest BCUT2D eigenvalue weighted by molar-refractivity contribution is 8.14. The molecule has 1 N–H and O–H groups in total. The van der Waals surface area contributed by atoms with Gasteiger partial charge in [0, 0.05) is 11.8 Å². The Morgan fingerprint density at radius 3 is 2.86 bits per heavy atom. The highest BCUT2D eigenvalue weighted by Gasteiger charge is 2.09. The summed E-state index contributed by atoms with van der Waals surface area (Å²) in [7, 11) is 0. The summed E-state index contributed by atoms with van der Waals surface area (Å²) in [6.07, 6.45) is 0. The molecule has 0 spiro atoms. The molecule has 74 valence electrons. The van der Waals surface area contributed by atoms with Crippen molar-refractivity contribution in [1.29, 1.82) is 0 Å². The van der Waals surface area contributed by atoms with Gasteiger partial charge in [-0.3, -0.25) is 4.99 Å². The molecule has 1 aromatic carbocycles. The van der Waals surface area contributed by atoms with Gasteiger partial charge < -0.3 is 5.32 Å². The van der Waals surface area contributed by atoms with Gasteiger partial charge in [0.15, 0.2) is 5.17 Å².